The van der Waals surface area contributed by atoms with Crippen LogP contribution in [0.5, 0.6) is 5.75 Å². The predicted molar refractivity (Wildman–Crippen MR) is 127 cm³/mol. The summed E-state index contributed by atoms with van der Waals surface area (Å²) in [5.74, 6) is 0.154. The molecule has 2 aromatic carbocycles. The van der Waals surface area contributed by atoms with Crippen molar-refractivity contribution < 1.29 is 14.0 Å². The Morgan fingerprint density at radius 1 is 1.22 bits per heavy atom. The van der Waals surface area contributed by atoms with Crippen LogP contribution in [0.1, 0.15) is 48.7 Å². The fourth-order valence-corrected chi connectivity index (χ4v) is 4.43. The summed E-state index contributed by atoms with van der Waals surface area (Å²) >= 11 is 0. The highest BCUT2D eigenvalue weighted by Crippen LogP contribution is 2.38. The second-order valence-corrected chi connectivity index (χ2v) is 14.5. The average Bonchev–Trinajstić information content (AvgIpc) is 3.06. The number of amides is 2. The van der Waals surface area contributed by atoms with Gasteiger partial charge < -0.3 is 14.6 Å². The Labute approximate surface area is 191 Å². The third-order valence-corrected chi connectivity index (χ3v) is 10.7. The van der Waals surface area contributed by atoms with Crippen molar-refractivity contribution in [2.24, 2.45) is 0 Å². The van der Waals surface area contributed by atoms with Crippen molar-refractivity contribution in [2.45, 2.75) is 57.9 Å². The van der Waals surface area contributed by atoms with Crippen molar-refractivity contribution in [1.29, 1.82) is 5.26 Å². The first-order valence-electron chi connectivity index (χ1n) is 10.9. The molecule has 0 radical (unpaired) electrons. The van der Waals surface area contributed by atoms with Gasteiger partial charge in [0.15, 0.2) is 0 Å². The summed E-state index contributed by atoms with van der Waals surface area (Å²) in [4.78, 5) is 27.7. The zero-order valence-corrected chi connectivity index (χ0v) is 20.4. The number of likely N-dealkylation sites (tertiary alicyclic amines) is 1. The smallest absolute Gasteiger partial charge is 0.255 e. The molecule has 0 saturated carbocycles. The molecule has 3 rings (SSSR count). The summed E-state index contributed by atoms with van der Waals surface area (Å²) in [6.07, 6.45) is 0.549. The SMILES string of the molecule is CC(C)(C)[Si](C)(C)Oc1ccccc1C(=O)N[C@H]1CCN(Cc2cccc(C#N)c2)C1=O. The molecule has 1 heterocycles. The molecular formula is C25H31N3O3Si. The van der Waals surface area contributed by atoms with Crippen LogP contribution in [0.25, 0.3) is 0 Å². The van der Waals surface area contributed by atoms with E-state index in [4.69, 9.17) is 9.69 Å². The lowest BCUT2D eigenvalue weighted by Gasteiger charge is -2.37. The van der Waals surface area contributed by atoms with Gasteiger partial charge in [-0.15, -0.1) is 0 Å². The lowest BCUT2D eigenvalue weighted by atomic mass is 10.1. The van der Waals surface area contributed by atoms with Crippen LogP contribution in [-0.4, -0.2) is 37.6 Å². The van der Waals surface area contributed by atoms with Crippen LogP contribution in [0.2, 0.25) is 18.1 Å². The molecular weight excluding hydrogens is 418 g/mol. The Hall–Kier alpha value is -3.11. The maximum atomic E-state index is 13.1. The maximum Gasteiger partial charge on any atom is 0.255 e. The summed E-state index contributed by atoms with van der Waals surface area (Å²) in [7, 11) is -2.12. The molecule has 7 heteroatoms. The topological polar surface area (TPSA) is 82.4 Å². The highest BCUT2D eigenvalue weighted by Gasteiger charge is 2.40. The summed E-state index contributed by atoms with van der Waals surface area (Å²) in [6.45, 7) is 11.7. The molecule has 0 spiro atoms. The van der Waals surface area contributed by atoms with Gasteiger partial charge in [0.05, 0.1) is 17.2 Å². The summed E-state index contributed by atoms with van der Waals surface area (Å²) < 4.78 is 6.39. The van der Waals surface area contributed by atoms with Crippen LogP contribution in [0.4, 0.5) is 0 Å². The maximum absolute atomic E-state index is 13.1. The number of hydrogen-bond donors (Lipinski definition) is 1. The predicted octanol–water partition coefficient (Wildman–Crippen LogP) is 4.47. The molecule has 1 aliphatic rings. The number of carbonyl (C=O) groups is 2. The number of carbonyl (C=O) groups excluding carboxylic acids is 2. The lowest BCUT2D eigenvalue weighted by Crippen LogP contribution is -2.45. The standard InChI is InChI=1S/C25H31N3O3Si/c1-25(2,3)32(4,5)31-22-12-7-6-11-20(22)23(29)27-21-13-14-28(24(21)30)17-19-10-8-9-18(15-19)16-26/h6-12,15,21H,13-14,17H2,1-5H3,(H,27,29)/t21-/m0/s1. The number of para-hydroxylation sites is 1. The Kier molecular flexibility index (Phi) is 6.75. The van der Waals surface area contributed by atoms with E-state index in [0.29, 0.717) is 36.4 Å². The highest BCUT2D eigenvalue weighted by molar-refractivity contribution is 6.74. The van der Waals surface area contributed by atoms with E-state index < -0.39 is 14.4 Å². The molecule has 1 N–H and O–H groups in total. The van der Waals surface area contributed by atoms with E-state index in [1.54, 1.807) is 29.2 Å². The number of nitrogens with one attached hydrogen (secondary N) is 1. The van der Waals surface area contributed by atoms with Gasteiger partial charge in [0.1, 0.15) is 11.8 Å². The Morgan fingerprint density at radius 2 is 1.94 bits per heavy atom. The number of hydrogen-bond acceptors (Lipinski definition) is 4. The number of nitriles is 1. The van der Waals surface area contributed by atoms with Crippen LogP contribution in [0, 0.1) is 11.3 Å². The fourth-order valence-electron chi connectivity index (χ4n) is 3.40. The molecule has 0 unspecified atom stereocenters. The van der Waals surface area contributed by atoms with Crippen LogP contribution >= 0.6 is 0 Å². The molecule has 0 aromatic heterocycles. The van der Waals surface area contributed by atoms with E-state index in [0.717, 1.165) is 5.56 Å². The van der Waals surface area contributed by atoms with Crippen molar-refractivity contribution >= 4 is 20.1 Å². The Bertz CT molecular complexity index is 1050. The Balaban J connectivity index is 1.69. The van der Waals surface area contributed by atoms with Gasteiger partial charge in [-0.3, -0.25) is 9.59 Å². The van der Waals surface area contributed by atoms with Gasteiger partial charge >= 0.3 is 0 Å². The molecule has 1 saturated heterocycles. The highest BCUT2D eigenvalue weighted by atomic mass is 28.4. The monoisotopic (exact) mass is 449 g/mol. The van der Waals surface area contributed by atoms with E-state index in [2.05, 4.69) is 45.3 Å². The van der Waals surface area contributed by atoms with Gasteiger partial charge in [0.2, 0.25) is 5.91 Å². The fraction of sp³-hybridized carbons (Fsp3) is 0.400. The summed E-state index contributed by atoms with van der Waals surface area (Å²) in [5.41, 5.74) is 1.92. The minimum Gasteiger partial charge on any atom is -0.543 e. The van der Waals surface area contributed by atoms with Crippen LogP contribution in [0.15, 0.2) is 48.5 Å². The first-order valence-corrected chi connectivity index (χ1v) is 13.8. The number of rotatable bonds is 6. The quantitative estimate of drug-likeness (QED) is 0.660. The van der Waals surface area contributed by atoms with Crippen LogP contribution in [0.3, 0.4) is 0 Å². The van der Waals surface area contributed by atoms with E-state index in [9.17, 15) is 9.59 Å². The first kappa shape index (κ1) is 23.5. The minimum absolute atomic E-state index is 0.00135. The Morgan fingerprint density at radius 3 is 2.62 bits per heavy atom. The molecule has 1 atom stereocenters. The van der Waals surface area contributed by atoms with Crippen molar-refractivity contribution in [2.75, 3.05) is 6.54 Å². The third-order valence-electron chi connectivity index (χ3n) is 6.34. The minimum atomic E-state index is -2.12. The molecule has 0 aliphatic carbocycles. The third kappa shape index (κ3) is 5.20. The van der Waals surface area contributed by atoms with Crippen molar-refractivity contribution in [1.82, 2.24) is 10.2 Å². The number of nitrogens with zero attached hydrogens (tertiary/aromatic N) is 2. The van der Waals surface area contributed by atoms with Crippen molar-refractivity contribution in [3.63, 3.8) is 0 Å². The van der Waals surface area contributed by atoms with E-state index in [1.165, 1.54) is 0 Å². The summed E-state index contributed by atoms with van der Waals surface area (Å²) in [5, 5.41) is 12.0. The molecule has 6 nitrogen and oxygen atoms in total. The molecule has 1 aliphatic heterocycles. The zero-order chi connectivity index (χ0) is 23.5. The normalized spacial score (nSPS) is 16.6. The van der Waals surface area contributed by atoms with E-state index in [-0.39, 0.29) is 16.9 Å². The van der Waals surface area contributed by atoms with E-state index >= 15 is 0 Å². The first-order chi connectivity index (χ1) is 15.0. The lowest BCUT2D eigenvalue weighted by molar-refractivity contribution is -0.129. The molecule has 0 bridgehead atoms. The van der Waals surface area contributed by atoms with Gasteiger partial charge in [-0.1, -0.05) is 45.0 Å². The molecule has 168 valence electrons. The zero-order valence-electron chi connectivity index (χ0n) is 19.4. The van der Waals surface area contributed by atoms with Gasteiger partial charge in [0, 0.05) is 13.1 Å². The van der Waals surface area contributed by atoms with Crippen molar-refractivity contribution in [3.8, 4) is 11.8 Å². The van der Waals surface area contributed by atoms with Crippen LogP contribution < -0.4 is 9.74 Å². The van der Waals surface area contributed by atoms with Crippen molar-refractivity contribution in [3.05, 3.63) is 65.2 Å². The van der Waals surface area contributed by atoms with Crippen LogP contribution in [-0.2, 0) is 11.3 Å². The largest absolute Gasteiger partial charge is 0.543 e. The second-order valence-electron chi connectivity index (χ2n) is 9.75. The van der Waals surface area contributed by atoms with Gasteiger partial charge in [-0.2, -0.15) is 5.26 Å². The number of benzene rings is 2. The average molecular weight is 450 g/mol. The van der Waals surface area contributed by atoms with E-state index in [1.807, 2.05) is 24.3 Å². The van der Waals surface area contributed by atoms with Gasteiger partial charge in [0.25, 0.3) is 14.2 Å². The second kappa shape index (κ2) is 9.17. The van der Waals surface area contributed by atoms with Gasteiger partial charge in [-0.25, -0.2) is 0 Å². The summed E-state index contributed by atoms with van der Waals surface area (Å²) in [6, 6.07) is 16.0. The molecule has 2 aromatic rings. The van der Waals surface area contributed by atoms with Gasteiger partial charge in [-0.05, 0) is 54.4 Å². The molecule has 2 amide bonds. The molecule has 1 fully saturated rings. The molecule has 32 heavy (non-hydrogen) atoms.